The van der Waals surface area contributed by atoms with Gasteiger partial charge in [-0.25, -0.2) is 4.39 Å². The molecule has 4 heteroatoms. The number of rotatable bonds is 5. The predicted molar refractivity (Wildman–Crippen MR) is 80.6 cm³/mol. The van der Waals surface area contributed by atoms with Crippen LogP contribution in [0.1, 0.15) is 35.4 Å². The molecule has 0 fully saturated rings. The Labute approximate surface area is 122 Å². The summed E-state index contributed by atoms with van der Waals surface area (Å²) < 4.78 is 13.6. The minimum Gasteiger partial charge on any atom is -0.306 e. The van der Waals surface area contributed by atoms with Crippen molar-refractivity contribution in [1.29, 1.82) is 0 Å². The Bertz CT molecular complexity index is 553. The molecule has 0 spiro atoms. The third kappa shape index (κ3) is 3.16. The molecule has 1 aromatic heterocycles. The fourth-order valence-electron chi connectivity index (χ4n) is 2.11. The highest BCUT2D eigenvalue weighted by molar-refractivity contribution is 7.10. The molecule has 0 radical (unpaired) electrons. The molecule has 2 aromatic rings. The second-order valence-corrected chi connectivity index (χ2v) is 5.96. The fourth-order valence-corrected chi connectivity index (χ4v) is 3.09. The normalized spacial score (nSPS) is 12.6. The molecule has 0 saturated carbocycles. The van der Waals surface area contributed by atoms with Crippen LogP contribution in [0.25, 0.3) is 0 Å². The summed E-state index contributed by atoms with van der Waals surface area (Å²) >= 11 is 7.82. The van der Waals surface area contributed by atoms with Crippen LogP contribution < -0.4 is 5.32 Å². The standard InChI is InChI=1S/C15H17ClFNS/c1-3-8-18-15(11-7-9-19-10(11)2)12-5-4-6-13(17)14(12)16/h4-7,9,15,18H,3,8H2,1-2H3. The van der Waals surface area contributed by atoms with Gasteiger partial charge in [-0.05, 0) is 48.5 Å². The van der Waals surface area contributed by atoms with Crippen molar-refractivity contribution in [2.75, 3.05) is 6.54 Å². The molecule has 1 atom stereocenters. The minimum absolute atomic E-state index is 0.0469. The van der Waals surface area contributed by atoms with E-state index in [-0.39, 0.29) is 16.9 Å². The van der Waals surface area contributed by atoms with Crippen LogP contribution in [0.4, 0.5) is 4.39 Å². The maximum atomic E-state index is 13.6. The third-order valence-corrected chi connectivity index (χ3v) is 4.36. The van der Waals surface area contributed by atoms with Crippen LogP contribution in [-0.4, -0.2) is 6.54 Å². The average Bonchev–Trinajstić information content (AvgIpc) is 2.81. The van der Waals surface area contributed by atoms with E-state index in [9.17, 15) is 4.39 Å². The molecule has 0 bridgehead atoms. The largest absolute Gasteiger partial charge is 0.306 e. The number of halogens is 2. The molecule has 1 unspecified atom stereocenters. The summed E-state index contributed by atoms with van der Waals surface area (Å²) in [5.74, 6) is -0.365. The molecule has 1 aromatic carbocycles. The quantitative estimate of drug-likeness (QED) is 0.824. The Hall–Kier alpha value is -0.900. The smallest absolute Gasteiger partial charge is 0.142 e. The van der Waals surface area contributed by atoms with Crippen molar-refractivity contribution in [2.45, 2.75) is 26.3 Å². The zero-order chi connectivity index (χ0) is 13.8. The Morgan fingerprint density at radius 1 is 1.32 bits per heavy atom. The van der Waals surface area contributed by atoms with E-state index in [0.717, 1.165) is 18.5 Å². The highest BCUT2D eigenvalue weighted by Gasteiger charge is 2.20. The minimum atomic E-state index is -0.365. The van der Waals surface area contributed by atoms with Crippen LogP contribution in [0.3, 0.4) is 0 Å². The SMILES string of the molecule is CCCNC(c1ccsc1C)c1cccc(F)c1Cl. The molecule has 0 aliphatic carbocycles. The highest BCUT2D eigenvalue weighted by atomic mass is 35.5. The van der Waals surface area contributed by atoms with Crippen LogP contribution in [-0.2, 0) is 0 Å². The summed E-state index contributed by atoms with van der Waals surface area (Å²) in [7, 11) is 0. The lowest BCUT2D eigenvalue weighted by molar-refractivity contribution is 0.585. The lowest BCUT2D eigenvalue weighted by Gasteiger charge is -2.20. The summed E-state index contributed by atoms with van der Waals surface area (Å²) in [6.07, 6.45) is 1.02. The Morgan fingerprint density at radius 3 is 2.74 bits per heavy atom. The van der Waals surface area contributed by atoms with Gasteiger partial charge in [-0.2, -0.15) is 0 Å². The molecule has 0 aliphatic heterocycles. The lowest BCUT2D eigenvalue weighted by atomic mass is 9.99. The number of aryl methyl sites for hydroxylation is 1. The molecular weight excluding hydrogens is 281 g/mol. The fraction of sp³-hybridized carbons (Fsp3) is 0.333. The number of hydrogen-bond donors (Lipinski definition) is 1. The van der Waals surface area contributed by atoms with Gasteiger partial charge in [-0.15, -0.1) is 11.3 Å². The Morgan fingerprint density at radius 2 is 2.11 bits per heavy atom. The number of nitrogens with one attached hydrogen (secondary N) is 1. The summed E-state index contributed by atoms with van der Waals surface area (Å²) in [5.41, 5.74) is 1.97. The van der Waals surface area contributed by atoms with Crippen molar-refractivity contribution >= 4 is 22.9 Å². The molecule has 0 aliphatic rings. The van der Waals surface area contributed by atoms with Gasteiger partial charge < -0.3 is 5.32 Å². The first-order valence-corrected chi connectivity index (χ1v) is 7.62. The molecule has 2 rings (SSSR count). The molecule has 19 heavy (non-hydrogen) atoms. The summed E-state index contributed by atoms with van der Waals surface area (Å²) in [5, 5.41) is 5.72. The summed E-state index contributed by atoms with van der Waals surface area (Å²) in [4.78, 5) is 1.23. The van der Waals surface area contributed by atoms with E-state index in [1.807, 2.05) is 6.07 Å². The van der Waals surface area contributed by atoms with Gasteiger partial charge in [0, 0.05) is 4.88 Å². The summed E-state index contributed by atoms with van der Waals surface area (Å²) in [6, 6.07) is 7.02. The number of thiophene rings is 1. The first kappa shape index (κ1) is 14.5. The molecule has 1 N–H and O–H groups in total. The van der Waals surface area contributed by atoms with E-state index in [1.165, 1.54) is 16.5 Å². The Kier molecular flexibility index (Phi) is 4.97. The molecular formula is C15H17ClFNS. The van der Waals surface area contributed by atoms with E-state index >= 15 is 0 Å². The molecule has 1 heterocycles. The summed E-state index contributed by atoms with van der Waals surface area (Å²) in [6.45, 7) is 5.05. The first-order chi connectivity index (χ1) is 9.15. The molecule has 0 amide bonds. The van der Waals surface area contributed by atoms with Gasteiger partial charge in [-0.1, -0.05) is 30.7 Å². The molecule has 1 nitrogen and oxygen atoms in total. The van der Waals surface area contributed by atoms with Crippen molar-refractivity contribution < 1.29 is 4.39 Å². The van der Waals surface area contributed by atoms with E-state index < -0.39 is 0 Å². The van der Waals surface area contributed by atoms with Crippen LogP contribution in [0.2, 0.25) is 5.02 Å². The van der Waals surface area contributed by atoms with Gasteiger partial charge in [0.25, 0.3) is 0 Å². The monoisotopic (exact) mass is 297 g/mol. The van der Waals surface area contributed by atoms with Crippen molar-refractivity contribution in [3.8, 4) is 0 Å². The third-order valence-electron chi connectivity index (χ3n) is 3.10. The highest BCUT2D eigenvalue weighted by Crippen LogP contribution is 2.33. The van der Waals surface area contributed by atoms with Gasteiger partial charge >= 0.3 is 0 Å². The zero-order valence-corrected chi connectivity index (χ0v) is 12.6. The molecule has 0 saturated heterocycles. The van der Waals surface area contributed by atoms with E-state index in [0.29, 0.717) is 0 Å². The van der Waals surface area contributed by atoms with Crippen molar-refractivity contribution in [3.05, 3.63) is 56.5 Å². The van der Waals surface area contributed by atoms with Crippen molar-refractivity contribution in [2.24, 2.45) is 0 Å². The maximum absolute atomic E-state index is 13.6. The second-order valence-electron chi connectivity index (χ2n) is 4.46. The van der Waals surface area contributed by atoms with Gasteiger partial charge in [-0.3, -0.25) is 0 Å². The van der Waals surface area contributed by atoms with Crippen molar-refractivity contribution in [1.82, 2.24) is 5.32 Å². The van der Waals surface area contributed by atoms with E-state index in [4.69, 9.17) is 11.6 Å². The maximum Gasteiger partial charge on any atom is 0.142 e. The second kappa shape index (κ2) is 6.51. The first-order valence-electron chi connectivity index (χ1n) is 6.36. The van der Waals surface area contributed by atoms with Crippen LogP contribution in [0.15, 0.2) is 29.6 Å². The van der Waals surface area contributed by atoms with E-state index in [2.05, 4.69) is 30.6 Å². The number of hydrogen-bond acceptors (Lipinski definition) is 2. The topological polar surface area (TPSA) is 12.0 Å². The van der Waals surface area contributed by atoms with Crippen molar-refractivity contribution in [3.63, 3.8) is 0 Å². The average molecular weight is 298 g/mol. The lowest BCUT2D eigenvalue weighted by Crippen LogP contribution is -2.23. The van der Waals surface area contributed by atoms with Gasteiger partial charge in [0.1, 0.15) is 5.82 Å². The van der Waals surface area contributed by atoms with Gasteiger partial charge in [0.15, 0.2) is 0 Å². The van der Waals surface area contributed by atoms with Crippen LogP contribution in [0, 0.1) is 12.7 Å². The Balaban J connectivity index is 2.43. The predicted octanol–water partition coefficient (Wildman–Crippen LogP) is 4.94. The van der Waals surface area contributed by atoms with Crippen LogP contribution in [0.5, 0.6) is 0 Å². The van der Waals surface area contributed by atoms with E-state index in [1.54, 1.807) is 17.4 Å². The number of benzene rings is 1. The van der Waals surface area contributed by atoms with Gasteiger partial charge in [0.05, 0.1) is 11.1 Å². The zero-order valence-electron chi connectivity index (χ0n) is 11.0. The van der Waals surface area contributed by atoms with Crippen LogP contribution >= 0.6 is 22.9 Å². The van der Waals surface area contributed by atoms with Gasteiger partial charge in [0.2, 0.25) is 0 Å². The molecule has 102 valence electrons.